The number of hydrogen-bond donors (Lipinski definition) is 1. The van der Waals surface area contributed by atoms with Gasteiger partial charge in [0.2, 0.25) is 11.7 Å². The second kappa shape index (κ2) is 8.22. The Morgan fingerprint density at radius 3 is 2.64 bits per heavy atom. The third-order valence-electron chi connectivity index (χ3n) is 3.24. The van der Waals surface area contributed by atoms with Crippen LogP contribution in [-0.4, -0.2) is 23.8 Å². The van der Waals surface area contributed by atoms with Crippen molar-refractivity contribution >= 4 is 40.6 Å². The van der Waals surface area contributed by atoms with Crippen molar-refractivity contribution in [2.75, 3.05) is 0 Å². The highest BCUT2D eigenvalue weighted by molar-refractivity contribution is 7.14. The molecule has 0 saturated carbocycles. The van der Waals surface area contributed by atoms with Gasteiger partial charge in [-0.1, -0.05) is 17.7 Å². The fourth-order valence-electron chi connectivity index (χ4n) is 1.98. The molecule has 2 rings (SSSR count). The third-order valence-corrected chi connectivity index (χ3v) is 4.65. The van der Waals surface area contributed by atoms with Crippen molar-refractivity contribution in [2.24, 2.45) is 0 Å². The number of carbonyl (C=O) groups excluding carboxylic acids is 3. The maximum absolute atomic E-state index is 13.7. The zero-order valence-electron chi connectivity index (χ0n) is 13.5. The van der Waals surface area contributed by atoms with Crippen LogP contribution >= 0.6 is 22.9 Å². The molecule has 1 atom stereocenters. The molecule has 0 aliphatic rings. The largest absolute Gasteiger partial charge is 0.451 e. The van der Waals surface area contributed by atoms with Gasteiger partial charge in [0.1, 0.15) is 11.4 Å². The van der Waals surface area contributed by atoms with E-state index in [0.29, 0.717) is 11.4 Å². The number of Topliss-reactive ketones (excluding diaryl/α,β-unsaturated/α-hetero) is 1. The Kier molecular flexibility index (Phi) is 6.27. The normalized spacial score (nSPS) is 11.7. The highest BCUT2D eigenvalue weighted by atomic mass is 35.5. The van der Waals surface area contributed by atoms with Crippen LogP contribution in [0, 0.1) is 5.82 Å². The van der Waals surface area contributed by atoms with Crippen LogP contribution in [0.1, 0.15) is 38.8 Å². The fourth-order valence-corrected chi connectivity index (χ4v) is 3.19. The smallest absolute Gasteiger partial charge is 0.343 e. The van der Waals surface area contributed by atoms with Crippen LogP contribution < -0.4 is 5.32 Å². The number of halogens is 2. The van der Waals surface area contributed by atoms with Crippen LogP contribution in [0.4, 0.5) is 4.39 Å². The molecule has 132 valence electrons. The van der Waals surface area contributed by atoms with Gasteiger partial charge >= 0.3 is 5.97 Å². The molecule has 0 spiro atoms. The minimum absolute atomic E-state index is 0.0848. The third kappa shape index (κ3) is 4.87. The van der Waals surface area contributed by atoms with E-state index in [0.717, 1.165) is 10.9 Å². The molecule has 0 bridgehead atoms. The van der Waals surface area contributed by atoms with Gasteiger partial charge in [-0.25, -0.2) is 9.18 Å². The minimum Gasteiger partial charge on any atom is -0.451 e. The molecule has 1 aromatic heterocycles. The monoisotopic (exact) mass is 383 g/mol. The molecule has 0 aliphatic heterocycles. The van der Waals surface area contributed by atoms with Crippen molar-refractivity contribution in [3.05, 3.63) is 56.5 Å². The number of thiophene rings is 1. The van der Waals surface area contributed by atoms with E-state index in [9.17, 15) is 18.8 Å². The van der Waals surface area contributed by atoms with Crippen LogP contribution in [0.5, 0.6) is 0 Å². The molecule has 0 aliphatic carbocycles. The lowest BCUT2D eigenvalue weighted by atomic mass is 10.2. The minimum atomic E-state index is -1.10. The summed E-state index contributed by atoms with van der Waals surface area (Å²) >= 11 is 6.99. The average Bonchev–Trinajstić information content (AvgIpc) is 3.00. The zero-order chi connectivity index (χ0) is 18.6. The van der Waals surface area contributed by atoms with Gasteiger partial charge in [0, 0.05) is 11.8 Å². The summed E-state index contributed by atoms with van der Waals surface area (Å²) in [5.74, 6) is -2.41. The Balaban J connectivity index is 2.05. The molecule has 1 heterocycles. The molecule has 2 aromatic rings. The van der Waals surface area contributed by atoms with E-state index in [4.69, 9.17) is 16.3 Å². The first-order chi connectivity index (χ1) is 11.8. The second-order valence-corrected chi connectivity index (χ2v) is 6.76. The van der Waals surface area contributed by atoms with E-state index >= 15 is 0 Å². The summed E-state index contributed by atoms with van der Waals surface area (Å²) in [4.78, 5) is 36.5. The zero-order valence-corrected chi connectivity index (χ0v) is 15.0. The number of nitrogens with one attached hydrogen (secondary N) is 1. The van der Waals surface area contributed by atoms with Gasteiger partial charge in [-0.15, -0.1) is 11.3 Å². The topological polar surface area (TPSA) is 72.5 Å². The summed E-state index contributed by atoms with van der Waals surface area (Å²) in [5, 5.41) is 2.54. The molecule has 0 saturated heterocycles. The van der Waals surface area contributed by atoms with Crippen LogP contribution in [0.15, 0.2) is 30.3 Å². The Hall–Kier alpha value is -2.25. The number of benzene rings is 1. The van der Waals surface area contributed by atoms with Gasteiger partial charge in [-0.2, -0.15) is 0 Å². The predicted molar refractivity (Wildman–Crippen MR) is 92.5 cm³/mol. The van der Waals surface area contributed by atoms with Crippen molar-refractivity contribution in [3.8, 4) is 0 Å². The van der Waals surface area contributed by atoms with E-state index in [2.05, 4.69) is 5.32 Å². The van der Waals surface area contributed by atoms with Gasteiger partial charge in [0.15, 0.2) is 6.10 Å². The molecular formula is C17H15ClFNO4S. The van der Waals surface area contributed by atoms with Crippen molar-refractivity contribution in [1.29, 1.82) is 0 Å². The number of rotatable bonds is 6. The first-order valence-electron chi connectivity index (χ1n) is 7.32. The van der Waals surface area contributed by atoms with E-state index in [1.807, 2.05) is 0 Å². The van der Waals surface area contributed by atoms with Crippen molar-refractivity contribution in [1.82, 2.24) is 5.32 Å². The summed E-state index contributed by atoms with van der Waals surface area (Å²) in [7, 11) is 0. The molecule has 8 heteroatoms. The maximum Gasteiger partial charge on any atom is 0.343 e. The molecular weight excluding hydrogens is 369 g/mol. The molecule has 1 amide bonds. The summed E-state index contributed by atoms with van der Waals surface area (Å²) < 4.78 is 18.8. The predicted octanol–water partition coefficient (Wildman–Crippen LogP) is 3.60. The average molecular weight is 384 g/mol. The summed E-state index contributed by atoms with van der Waals surface area (Å²) in [5.41, 5.74) is -0.402. The lowest BCUT2D eigenvalue weighted by Gasteiger charge is -2.12. The van der Waals surface area contributed by atoms with Gasteiger partial charge in [0.25, 0.3) is 0 Å². The summed E-state index contributed by atoms with van der Waals surface area (Å²) in [6, 6.07) is 7.11. The summed E-state index contributed by atoms with van der Waals surface area (Å²) in [6.07, 6.45) is -1.10. The van der Waals surface area contributed by atoms with Gasteiger partial charge in [0.05, 0.1) is 16.4 Å². The number of ether oxygens (including phenoxy) is 1. The molecule has 1 aromatic carbocycles. The quantitative estimate of drug-likeness (QED) is 0.611. The SMILES string of the molecule is CC(=O)NCc1ccc(C(=O)C(C)OC(=O)c2c(F)cccc2Cl)s1. The van der Waals surface area contributed by atoms with Gasteiger partial charge < -0.3 is 10.1 Å². The molecule has 5 nitrogen and oxygen atoms in total. The van der Waals surface area contributed by atoms with E-state index < -0.39 is 29.2 Å². The lowest BCUT2D eigenvalue weighted by Crippen LogP contribution is -2.24. The Labute approximate surface area is 152 Å². The Morgan fingerprint density at radius 2 is 2.00 bits per heavy atom. The van der Waals surface area contributed by atoms with Gasteiger partial charge in [-0.3, -0.25) is 9.59 Å². The number of esters is 1. The van der Waals surface area contributed by atoms with Crippen molar-refractivity contribution in [2.45, 2.75) is 26.5 Å². The van der Waals surface area contributed by atoms with E-state index in [1.165, 1.54) is 37.3 Å². The second-order valence-electron chi connectivity index (χ2n) is 5.18. The maximum atomic E-state index is 13.7. The number of carbonyl (C=O) groups is 3. The molecule has 1 N–H and O–H groups in total. The Bertz CT molecular complexity index is 800. The highest BCUT2D eigenvalue weighted by Gasteiger charge is 2.25. The van der Waals surface area contributed by atoms with Crippen LogP contribution in [0.25, 0.3) is 0 Å². The highest BCUT2D eigenvalue weighted by Crippen LogP contribution is 2.22. The number of amides is 1. The van der Waals surface area contributed by atoms with Crippen LogP contribution in [-0.2, 0) is 16.1 Å². The van der Waals surface area contributed by atoms with Gasteiger partial charge in [-0.05, 0) is 31.2 Å². The first-order valence-corrected chi connectivity index (χ1v) is 8.51. The molecule has 25 heavy (non-hydrogen) atoms. The van der Waals surface area contributed by atoms with Crippen molar-refractivity contribution < 1.29 is 23.5 Å². The van der Waals surface area contributed by atoms with Crippen molar-refractivity contribution in [3.63, 3.8) is 0 Å². The lowest BCUT2D eigenvalue weighted by molar-refractivity contribution is -0.119. The fraction of sp³-hybridized carbons (Fsp3) is 0.235. The Morgan fingerprint density at radius 1 is 1.28 bits per heavy atom. The summed E-state index contributed by atoms with van der Waals surface area (Å²) in [6.45, 7) is 3.11. The first kappa shape index (κ1) is 19.1. The van der Waals surface area contributed by atoms with Crippen LogP contribution in [0.3, 0.4) is 0 Å². The standard InChI is InChI=1S/C17H15ClFNO4S/c1-9(24-17(23)15-12(18)4-3-5-13(15)19)16(22)14-7-6-11(25-14)8-20-10(2)21/h3-7,9H,8H2,1-2H3,(H,20,21). The van der Waals surface area contributed by atoms with Crippen LogP contribution in [0.2, 0.25) is 5.02 Å². The van der Waals surface area contributed by atoms with E-state index in [1.54, 1.807) is 12.1 Å². The molecule has 0 fully saturated rings. The number of ketones is 1. The molecule has 0 radical (unpaired) electrons. The van der Waals surface area contributed by atoms with E-state index in [-0.39, 0.29) is 10.9 Å². The number of hydrogen-bond acceptors (Lipinski definition) is 5. The molecule has 1 unspecified atom stereocenters.